The first-order chi connectivity index (χ1) is 7.22. The average molecular weight is 241 g/mol. The standard InChI is InChI=1S/C11H12N2O2.ClH/c1-2-14-8-5-3-4-7-6-9(11(12)13)15-10(7)8;/h3-6H,2H2,1H3,(H3,12,13);1H. The molecule has 16 heavy (non-hydrogen) atoms. The van der Waals surface area contributed by atoms with Gasteiger partial charge in [0.2, 0.25) is 0 Å². The van der Waals surface area contributed by atoms with E-state index in [2.05, 4.69) is 0 Å². The molecule has 0 aliphatic rings. The summed E-state index contributed by atoms with van der Waals surface area (Å²) in [6.07, 6.45) is 0. The fraction of sp³-hybridized carbons (Fsp3) is 0.182. The van der Waals surface area contributed by atoms with Gasteiger partial charge in [-0.05, 0) is 19.1 Å². The van der Waals surface area contributed by atoms with Crippen molar-refractivity contribution in [1.82, 2.24) is 0 Å². The second-order valence-electron chi connectivity index (χ2n) is 3.13. The van der Waals surface area contributed by atoms with Crippen molar-refractivity contribution in [1.29, 1.82) is 5.41 Å². The van der Waals surface area contributed by atoms with Gasteiger partial charge in [0.25, 0.3) is 0 Å². The van der Waals surface area contributed by atoms with Crippen molar-refractivity contribution in [3.63, 3.8) is 0 Å². The average Bonchev–Trinajstić information content (AvgIpc) is 2.63. The number of hydrogen-bond donors (Lipinski definition) is 2. The highest BCUT2D eigenvalue weighted by molar-refractivity contribution is 5.97. The third-order valence-corrected chi connectivity index (χ3v) is 2.07. The van der Waals surface area contributed by atoms with Crippen LogP contribution in [0.2, 0.25) is 0 Å². The zero-order valence-corrected chi connectivity index (χ0v) is 9.64. The number of hydrogen-bond acceptors (Lipinski definition) is 3. The lowest BCUT2D eigenvalue weighted by Gasteiger charge is -2.01. The third-order valence-electron chi connectivity index (χ3n) is 2.07. The van der Waals surface area contributed by atoms with Crippen LogP contribution >= 0.6 is 12.4 Å². The molecule has 0 radical (unpaired) electrons. The van der Waals surface area contributed by atoms with Gasteiger partial charge in [0, 0.05) is 5.39 Å². The van der Waals surface area contributed by atoms with Crippen molar-refractivity contribution in [2.24, 2.45) is 5.73 Å². The molecule has 0 spiro atoms. The van der Waals surface area contributed by atoms with Gasteiger partial charge in [-0.25, -0.2) is 0 Å². The monoisotopic (exact) mass is 240 g/mol. The highest BCUT2D eigenvalue weighted by Gasteiger charge is 2.09. The van der Waals surface area contributed by atoms with Gasteiger partial charge in [-0.3, -0.25) is 5.41 Å². The third kappa shape index (κ3) is 2.12. The summed E-state index contributed by atoms with van der Waals surface area (Å²) >= 11 is 0. The van der Waals surface area contributed by atoms with Crippen LogP contribution in [0.1, 0.15) is 12.7 Å². The van der Waals surface area contributed by atoms with Crippen LogP contribution in [0.3, 0.4) is 0 Å². The van der Waals surface area contributed by atoms with E-state index in [-0.39, 0.29) is 18.2 Å². The molecule has 0 fully saturated rings. The summed E-state index contributed by atoms with van der Waals surface area (Å²) in [4.78, 5) is 0. The molecule has 0 saturated carbocycles. The highest BCUT2D eigenvalue weighted by atomic mass is 35.5. The summed E-state index contributed by atoms with van der Waals surface area (Å²) < 4.78 is 10.8. The van der Waals surface area contributed by atoms with E-state index in [1.165, 1.54) is 0 Å². The van der Waals surface area contributed by atoms with E-state index in [1.54, 1.807) is 6.07 Å². The van der Waals surface area contributed by atoms with Gasteiger partial charge in [-0.1, -0.05) is 12.1 Å². The normalized spacial score (nSPS) is 9.81. The van der Waals surface area contributed by atoms with Crippen LogP contribution in [0.25, 0.3) is 11.0 Å². The molecule has 1 aromatic carbocycles. The number of amidine groups is 1. The fourth-order valence-electron chi connectivity index (χ4n) is 1.44. The fourth-order valence-corrected chi connectivity index (χ4v) is 1.44. The SMILES string of the molecule is CCOc1cccc2cc(C(=N)N)oc12.Cl. The number of nitrogen functional groups attached to an aromatic ring is 1. The maximum atomic E-state index is 7.28. The van der Waals surface area contributed by atoms with Gasteiger partial charge in [-0.15, -0.1) is 12.4 Å². The lowest BCUT2D eigenvalue weighted by atomic mass is 10.2. The zero-order valence-electron chi connectivity index (χ0n) is 8.82. The number of nitrogens with one attached hydrogen (secondary N) is 1. The Morgan fingerprint density at radius 1 is 1.50 bits per heavy atom. The molecule has 3 N–H and O–H groups in total. The lowest BCUT2D eigenvalue weighted by molar-refractivity contribution is 0.338. The molecule has 0 unspecified atom stereocenters. The van der Waals surface area contributed by atoms with Crippen LogP contribution in [-0.2, 0) is 0 Å². The molecule has 1 aromatic heterocycles. The molecule has 86 valence electrons. The molecule has 0 saturated heterocycles. The summed E-state index contributed by atoms with van der Waals surface area (Å²) in [5.41, 5.74) is 5.99. The van der Waals surface area contributed by atoms with Crippen molar-refractivity contribution < 1.29 is 9.15 Å². The summed E-state index contributed by atoms with van der Waals surface area (Å²) in [5, 5.41) is 8.18. The molecule has 0 aliphatic carbocycles. The van der Waals surface area contributed by atoms with Gasteiger partial charge in [0.05, 0.1) is 6.61 Å². The van der Waals surface area contributed by atoms with Crippen molar-refractivity contribution in [3.05, 3.63) is 30.0 Å². The quantitative estimate of drug-likeness (QED) is 0.640. The van der Waals surface area contributed by atoms with Gasteiger partial charge >= 0.3 is 0 Å². The number of benzene rings is 1. The largest absolute Gasteiger partial charge is 0.490 e. The predicted molar refractivity (Wildman–Crippen MR) is 65.6 cm³/mol. The number of furan rings is 1. The van der Waals surface area contributed by atoms with E-state index in [1.807, 2.05) is 25.1 Å². The van der Waals surface area contributed by atoms with Crippen LogP contribution < -0.4 is 10.5 Å². The molecule has 0 aliphatic heterocycles. The number of nitrogens with two attached hydrogens (primary N) is 1. The Kier molecular flexibility index (Phi) is 3.79. The Morgan fingerprint density at radius 3 is 2.88 bits per heavy atom. The first-order valence-corrected chi connectivity index (χ1v) is 4.72. The summed E-state index contributed by atoms with van der Waals surface area (Å²) in [6.45, 7) is 2.49. The van der Waals surface area contributed by atoms with Crippen molar-refractivity contribution in [2.75, 3.05) is 6.61 Å². The van der Waals surface area contributed by atoms with Crippen LogP contribution in [-0.4, -0.2) is 12.4 Å². The number of para-hydroxylation sites is 1. The predicted octanol–water partition coefficient (Wildman–Crippen LogP) is 2.54. The van der Waals surface area contributed by atoms with Gasteiger partial charge in [-0.2, -0.15) is 0 Å². The Balaban J connectivity index is 0.00000128. The van der Waals surface area contributed by atoms with E-state index in [0.29, 0.717) is 23.7 Å². The first-order valence-electron chi connectivity index (χ1n) is 4.72. The maximum Gasteiger partial charge on any atom is 0.176 e. The van der Waals surface area contributed by atoms with Gasteiger partial charge < -0.3 is 14.9 Å². The molecule has 0 amide bonds. The number of halogens is 1. The van der Waals surface area contributed by atoms with Crippen LogP contribution in [0, 0.1) is 5.41 Å². The topological polar surface area (TPSA) is 72.2 Å². The minimum absolute atomic E-state index is 0. The Hall–Kier alpha value is -1.68. The molecule has 4 nitrogen and oxygen atoms in total. The van der Waals surface area contributed by atoms with E-state index in [9.17, 15) is 0 Å². The maximum absolute atomic E-state index is 7.28. The van der Waals surface area contributed by atoms with Crippen molar-refractivity contribution in [2.45, 2.75) is 6.92 Å². The van der Waals surface area contributed by atoms with E-state index >= 15 is 0 Å². The molecule has 0 bridgehead atoms. The minimum atomic E-state index is -0.0753. The van der Waals surface area contributed by atoms with Gasteiger partial charge in [0.15, 0.2) is 22.9 Å². The van der Waals surface area contributed by atoms with E-state index in [4.69, 9.17) is 20.3 Å². The number of ether oxygens (including phenoxy) is 1. The lowest BCUT2D eigenvalue weighted by Crippen LogP contribution is -2.09. The Bertz CT molecular complexity index is 508. The molecule has 1 heterocycles. The van der Waals surface area contributed by atoms with E-state index < -0.39 is 0 Å². The van der Waals surface area contributed by atoms with Crippen LogP contribution in [0.4, 0.5) is 0 Å². The molecular formula is C11H13ClN2O2. The van der Waals surface area contributed by atoms with Crippen molar-refractivity contribution >= 4 is 29.2 Å². The van der Waals surface area contributed by atoms with Crippen LogP contribution in [0.5, 0.6) is 5.75 Å². The van der Waals surface area contributed by atoms with Crippen LogP contribution in [0.15, 0.2) is 28.7 Å². The molecule has 5 heteroatoms. The second kappa shape index (κ2) is 4.90. The van der Waals surface area contributed by atoms with E-state index in [0.717, 1.165) is 5.39 Å². The number of rotatable bonds is 3. The summed E-state index contributed by atoms with van der Waals surface area (Å²) in [5.74, 6) is 0.980. The molecule has 0 atom stereocenters. The van der Waals surface area contributed by atoms with Gasteiger partial charge in [0.1, 0.15) is 0 Å². The molecule has 2 rings (SSSR count). The van der Waals surface area contributed by atoms with Crippen molar-refractivity contribution in [3.8, 4) is 5.75 Å². The Morgan fingerprint density at radius 2 is 2.25 bits per heavy atom. The summed E-state index contributed by atoms with van der Waals surface area (Å²) in [6, 6.07) is 7.35. The highest BCUT2D eigenvalue weighted by Crippen LogP contribution is 2.28. The number of fused-ring (bicyclic) bond motifs is 1. The molecular weight excluding hydrogens is 228 g/mol. The second-order valence-corrected chi connectivity index (χ2v) is 3.13. The Labute approximate surface area is 99.3 Å². The summed E-state index contributed by atoms with van der Waals surface area (Å²) in [7, 11) is 0. The first kappa shape index (κ1) is 12.4. The zero-order chi connectivity index (χ0) is 10.8. The molecule has 2 aromatic rings. The minimum Gasteiger partial charge on any atom is -0.490 e. The smallest absolute Gasteiger partial charge is 0.176 e.